The standard InChI is InChI=1S/C15H18N2O2/c1-10(2)13(9-16)15(18)17(3)12-4-5-14-11(8-12)6-7-19-14/h4-5,8,10,13H,6-7H2,1-3H3. The van der Waals surface area contributed by atoms with Crippen molar-refractivity contribution in [2.75, 3.05) is 18.6 Å². The number of carbonyl (C=O) groups is 1. The van der Waals surface area contributed by atoms with Gasteiger partial charge in [-0.25, -0.2) is 0 Å². The Morgan fingerprint density at radius 1 is 1.47 bits per heavy atom. The predicted molar refractivity (Wildman–Crippen MR) is 73.0 cm³/mol. The van der Waals surface area contributed by atoms with Crippen LogP contribution < -0.4 is 9.64 Å². The van der Waals surface area contributed by atoms with Crippen LogP contribution in [0.15, 0.2) is 18.2 Å². The van der Waals surface area contributed by atoms with Gasteiger partial charge in [0.1, 0.15) is 11.7 Å². The van der Waals surface area contributed by atoms with E-state index in [4.69, 9.17) is 10.00 Å². The van der Waals surface area contributed by atoms with E-state index < -0.39 is 5.92 Å². The van der Waals surface area contributed by atoms with Crippen molar-refractivity contribution < 1.29 is 9.53 Å². The lowest BCUT2D eigenvalue weighted by Crippen LogP contribution is -2.34. The number of rotatable bonds is 3. The molecule has 19 heavy (non-hydrogen) atoms. The van der Waals surface area contributed by atoms with Crippen molar-refractivity contribution >= 4 is 11.6 Å². The summed E-state index contributed by atoms with van der Waals surface area (Å²) in [6.45, 7) is 4.47. The Morgan fingerprint density at radius 2 is 2.21 bits per heavy atom. The van der Waals surface area contributed by atoms with Crippen LogP contribution in [0.4, 0.5) is 5.69 Å². The molecule has 1 aromatic rings. The summed E-state index contributed by atoms with van der Waals surface area (Å²) in [6, 6.07) is 7.80. The van der Waals surface area contributed by atoms with Crippen LogP contribution in [0.5, 0.6) is 5.75 Å². The zero-order valence-electron chi connectivity index (χ0n) is 11.5. The van der Waals surface area contributed by atoms with Gasteiger partial charge in [0.25, 0.3) is 0 Å². The third-order valence-corrected chi connectivity index (χ3v) is 3.46. The van der Waals surface area contributed by atoms with E-state index in [2.05, 4.69) is 6.07 Å². The van der Waals surface area contributed by atoms with Gasteiger partial charge in [0.05, 0.1) is 12.7 Å². The first-order valence-corrected chi connectivity index (χ1v) is 6.47. The second-order valence-corrected chi connectivity index (χ2v) is 5.14. The number of benzene rings is 1. The van der Waals surface area contributed by atoms with Gasteiger partial charge in [-0.05, 0) is 29.7 Å². The smallest absolute Gasteiger partial charge is 0.244 e. The van der Waals surface area contributed by atoms with Crippen LogP contribution in [-0.4, -0.2) is 19.6 Å². The van der Waals surface area contributed by atoms with Gasteiger partial charge in [0.2, 0.25) is 5.91 Å². The Balaban J connectivity index is 2.22. The van der Waals surface area contributed by atoms with Gasteiger partial charge in [-0.2, -0.15) is 5.26 Å². The fourth-order valence-electron chi connectivity index (χ4n) is 2.21. The van der Waals surface area contributed by atoms with Crippen molar-refractivity contribution in [3.8, 4) is 11.8 Å². The quantitative estimate of drug-likeness (QED) is 0.836. The van der Waals surface area contributed by atoms with Gasteiger partial charge in [-0.3, -0.25) is 4.79 Å². The third-order valence-electron chi connectivity index (χ3n) is 3.46. The number of nitriles is 1. The molecule has 0 radical (unpaired) electrons. The Labute approximate surface area is 113 Å². The number of anilines is 1. The average molecular weight is 258 g/mol. The minimum atomic E-state index is -0.602. The highest BCUT2D eigenvalue weighted by molar-refractivity contribution is 5.96. The topological polar surface area (TPSA) is 53.3 Å². The van der Waals surface area contributed by atoms with E-state index in [-0.39, 0.29) is 11.8 Å². The zero-order valence-corrected chi connectivity index (χ0v) is 11.5. The SMILES string of the molecule is CC(C)C(C#N)C(=O)N(C)c1ccc2c(c1)CCO2. The van der Waals surface area contributed by atoms with Gasteiger partial charge in [0.15, 0.2) is 0 Å². The Kier molecular flexibility index (Phi) is 3.75. The number of amides is 1. The molecule has 1 aromatic carbocycles. The first kappa shape index (κ1) is 13.4. The van der Waals surface area contributed by atoms with Crippen molar-refractivity contribution in [2.24, 2.45) is 11.8 Å². The molecule has 1 heterocycles. The zero-order chi connectivity index (χ0) is 14.0. The van der Waals surface area contributed by atoms with Gasteiger partial charge in [-0.15, -0.1) is 0 Å². The fourth-order valence-corrected chi connectivity index (χ4v) is 2.21. The molecule has 1 aliphatic rings. The monoisotopic (exact) mass is 258 g/mol. The molecule has 1 unspecified atom stereocenters. The Bertz CT molecular complexity index is 531. The highest BCUT2D eigenvalue weighted by Gasteiger charge is 2.26. The summed E-state index contributed by atoms with van der Waals surface area (Å²) >= 11 is 0. The number of fused-ring (bicyclic) bond motifs is 1. The van der Waals surface area contributed by atoms with E-state index >= 15 is 0 Å². The first-order chi connectivity index (χ1) is 9.04. The van der Waals surface area contributed by atoms with Crippen molar-refractivity contribution in [3.63, 3.8) is 0 Å². The molecule has 0 fully saturated rings. The van der Waals surface area contributed by atoms with E-state index in [0.717, 1.165) is 23.4 Å². The van der Waals surface area contributed by atoms with Crippen LogP contribution in [0, 0.1) is 23.2 Å². The lowest BCUT2D eigenvalue weighted by molar-refractivity contribution is -0.121. The van der Waals surface area contributed by atoms with Crippen molar-refractivity contribution in [2.45, 2.75) is 20.3 Å². The summed E-state index contributed by atoms with van der Waals surface area (Å²) in [6.07, 6.45) is 0.872. The molecular weight excluding hydrogens is 240 g/mol. The predicted octanol–water partition coefficient (Wildman–Crippen LogP) is 2.38. The molecule has 0 saturated carbocycles. The van der Waals surface area contributed by atoms with E-state index in [0.29, 0.717) is 6.61 Å². The highest BCUT2D eigenvalue weighted by atomic mass is 16.5. The third kappa shape index (κ3) is 2.55. The van der Waals surface area contributed by atoms with Crippen LogP contribution in [0.3, 0.4) is 0 Å². The normalized spacial score (nSPS) is 14.5. The van der Waals surface area contributed by atoms with Crippen molar-refractivity contribution in [3.05, 3.63) is 23.8 Å². The van der Waals surface area contributed by atoms with Crippen molar-refractivity contribution in [1.29, 1.82) is 5.26 Å². The molecular formula is C15H18N2O2. The van der Waals surface area contributed by atoms with Crippen LogP contribution in [0.25, 0.3) is 0 Å². The van der Waals surface area contributed by atoms with Crippen LogP contribution in [0.2, 0.25) is 0 Å². The summed E-state index contributed by atoms with van der Waals surface area (Å²) < 4.78 is 5.44. The summed E-state index contributed by atoms with van der Waals surface area (Å²) in [4.78, 5) is 13.9. The minimum absolute atomic E-state index is 0.0118. The van der Waals surface area contributed by atoms with E-state index in [1.54, 1.807) is 11.9 Å². The molecule has 0 aliphatic carbocycles. The second-order valence-electron chi connectivity index (χ2n) is 5.14. The summed E-state index contributed by atoms with van der Waals surface area (Å²) in [5, 5.41) is 9.10. The maximum absolute atomic E-state index is 12.3. The molecule has 0 aromatic heterocycles. The van der Waals surface area contributed by atoms with Crippen LogP contribution in [-0.2, 0) is 11.2 Å². The van der Waals surface area contributed by atoms with Crippen LogP contribution in [0.1, 0.15) is 19.4 Å². The molecule has 0 N–H and O–H groups in total. The van der Waals surface area contributed by atoms with E-state index in [1.165, 1.54) is 0 Å². The molecule has 100 valence electrons. The van der Waals surface area contributed by atoms with E-state index in [1.807, 2.05) is 32.0 Å². The van der Waals surface area contributed by atoms with Gasteiger partial charge in [0, 0.05) is 19.2 Å². The lowest BCUT2D eigenvalue weighted by Gasteiger charge is -2.22. The number of carbonyl (C=O) groups excluding carboxylic acids is 1. The van der Waals surface area contributed by atoms with E-state index in [9.17, 15) is 4.79 Å². The maximum Gasteiger partial charge on any atom is 0.244 e. The number of ether oxygens (including phenoxy) is 1. The number of hydrogen-bond donors (Lipinski definition) is 0. The molecule has 0 spiro atoms. The summed E-state index contributed by atoms with van der Waals surface area (Å²) in [7, 11) is 1.71. The maximum atomic E-state index is 12.3. The molecule has 0 saturated heterocycles. The number of hydrogen-bond acceptors (Lipinski definition) is 3. The highest BCUT2D eigenvalue weighted by Crippen LogP contribution is 2.30. The minimum Gasteiger partial charge on any atom is -0.493 e. The molecule has 1 amide bonds. The van der Waals surface area contributed by atoms with Crippen LogP contribution >= 0.6 is 0 Å². The average Bonchev–Trinajstić information content (AvgIpc) is 2.85. The molecule has 0 bridgehead atoms. The van der Waals surface area contributed by atoms with Gasteiger partial charge >= 0.3 is 0 Å². The Morgan fingerprint density at radius 3 is 2.84 bits per heavy atom. The number of nitrogens with zero attached hydrogens (tertiary/aromatic N) is 2. The Hall–Kier alpha value is -2.02. The second kappa shape index (κ2) is 5.31. The molecule has 2 rings (SSSR count). The lowest BCUT2D eigenvalue weighted by atomic mass is 9.96. The van der Waals surface area contributed by atoms with Gasteiger partial charge < -0.3 is 9.64 Å². The largest absolute Gasteiger partial charge is 0.493 e. The first-order valence-electron chi connectivity index (χ1n) is 6.47. The molecule has 1 aliphatic heterocycles. The van der Waals surface area contributed by atoms with Gasteiger partial charge in [-0.1, -0.05) is 13.8 Å². The van der Waals surface area contributed by atoms with Crippen molar-refractivity contribution in [1.82, 2.24) is 0 Å². The summed E-state index contributed by atoms with van der Waals surface area (Å²) in [5.74, 6) is 0.147. The molecule has 1 atom stereocenters. The summed E-state index contributed by atoms with van der Waals surface area (Å²) in [5.41, 5.74) is 1.94. The molecule has 4 heteroatoms. The fraction of sp³-hybridized carbons (Fsp3) is 0.467. The molecule has 4 nitrogen and oxygen atoms in total.